The molecule has 0 bridgehead atoms. The summed E-state index contributed by atoms with van der Waals surface area (Å²) >= 11 is 0. The van der Waals surface area contributed by atoms with E-state index in [0.717, 1.165) is 30.6 Å². The predicted octanol–water partition coefficient (Wildman–Crippen LogP) is 6.32. The zero-order valence-corrected chi connectivity index (χ0v) is 18.0. The molecule has 0 saturated carbocycles. The quantitative estimate of drug-likeness (QED) is 0.302. The SMILES string of the molecule is O=c1ccoc(CCCCNc2ccc(-c3ccccc3)cc2)c1OCc1ccccc1. The number of hydrogen-bond acceptors (Lipinski definition) is 4. The number of rotatable bonds is 10. The Balaban J connectivity index is 1.25. The fourth-order valence-corrected chi connectivity index (χ4v) is 3.55. The molecule has 0 amide bonds. The molecule has 4 rings (SSSR count). The predicted molar refractivity (Wildman–Crippen MR) is 129 cm³/mol. The van der Waals surface area contributed by atoms with Crippen molar-refractivity contribution in [2.45, 2.75) is 25.9 Å². The Morgan fingerprint density at radius 1 is 0.750 bits per heavy atom. The molecule has 32 heavy (non-hydrogen) atoms. The lowest BCUT2D eigenvalue weighted by Gasteiger charge is -2.10. The van der Waals surface area contributed by atoms with E-state index in [9.17, 15) is 4.79 Å². The van der Waals surface area contributed by atoms with Gasteiger partial charge in [0.1, 0.15) is 12.4 Å². The average molecular weight is 426 g/mol. The molecule has 4 aromatic rings. The molecular weight excluding hydrogens is 398 g/mol. The van der Waals surface area contributed by atoms with Gasteiger partial charge in [0.25, 0.3) is 0 Å². The lowest BCUT2D eigenvalue weighted by molar-refractivity contribution is 0.282. The molecule has 0 fully saturated rings. The van der Waals surface area contributed by atoms with E-state index in [-0.39, 0.29) is 5.43 Å². The molecule has 4 nitrogen and oxygen atoms in total. The lowest BCUT2D eigenvalue weighted by Crippen LogP contribution is -2.10. The van der Waals surface area contributed by atoms with Gasteiger partial charge in [-0.1, -0.05) is 72.8 Å². The summed E-state index contributed by atoms with van der Waals surface area (Å²) in [7, 11) is 0. The standard InChI is InChI=1S/C28H27NO3/c30-26-18-20-31-27(28(26)32-21-22-9-3-1-4-10-22)13-7-8-19-29-25-16-14-24(15-17-25)23-11-5-2-6-12-23/h1-6,9-12,14-18,20,29H,7-8,13,19,21H2. The third-order valence-corrected chi connectivity index (χ3v) is 5.28. The fraction of sp³-hybridized carbons (Fsp3) is 0.179. The molecule has 0 aliphatic rings. The smallest absolute Gasteiger partial charge is 0.227 e. The van der Waals surface area contributed by atoms with Crippen LogP contribution in [0.15, 0.2) is 106 Å². The van der Waals surface area contributed by atoms with E-state index in [0.29, 0.717) is 24.5 Å². The molecule has 1 N–H and O–H groups in total. The second-order valence-corrected chi connectivity index (χ2v) is 7.64. The molecule has 0 aliphatic heterocycles. The second kappa shape index (κ2) is 11.0. The van der Waals surface area contributed by atoms with Crippen LogP contribution in [0.5, 0.6) is 5.75 Å². The monoisotopic (exact) mass is 425 g/mol. The molecule has 1 heterocycles. The first-order valence-electron chi connectivity index (χ1n) is 11.0. The summed E-state index contributed by atoms with van der Waals surface area (Å²) in [5.41, 5.74) is 4.40. The van der Waals surface area contributed by atoms with E-state index in [1.54, 1.807) is 0 Å². The number of benzene rings is 3. The summed E-state index contributed by atoms with van der Waals surface area (Å²) in [4.78, 5) is 12.3. The zero-order valence-electron chi connectivity index (χ0n) is 18.0. The molecule has 0 unspecified atom stereocenters. The number of unbranched alkanes of at least 4 members (excludes halogenated alkanes) is 1. The van der Waals surface area contributed by atoms with Crippen LogP contribution in [0.25, 0.3) is 11.1 Å². The van der Waals surface area contributed by atoms with Crippen molar-refractivity contribution in [2.75, 3.05) is 11.9 Å². The number of ether oxygens (including phenoxy) is 1. The van der Waals surface area contributed by atoms with Crippen LogP contribution < -0.4 is 15.5 Å². The van der Waals surface area contributed by atoms with Gasteiger partial charge in [-0.3, -0.25) is 4.79 Å². The van der Waals surface area contributed by atoms with Gasteiger partial charge in [0.05, 0.1) is 6.26 Å². The Hall–Kier alpha value is -3.79. The van der Waals surface area contributed by atoms with Gasteiger partial charge in [0.2, 0.25) is 11.2 Å². The van der Waals surface area contributed by atoms with Crippen molar-refractivity contribution >= 4 is 5.69 Å². The Kier molecular flexibility index (Phi) is 7.38. The van der Waals surface area contributed by atoms with Gasteiger partial charge in [-0.2, -0.15) is 0 Å². The highest BCUT2D eigenvalue weighted by Crippen LogP contribution is 2.21. The van der Waals surface area contributed by atoms with Crippen LogP contribution in [0.3, 0.4) is 0 Å². The van der Waals surface area contributed by atoms with Crippen molar-refractivity contribution in [1.29, 1.82) is 0 Å². The minimum absolute atomic E-state index is 0.140. The van der Waals surface area contributed by atoms with E-state index in [1.807, 2.05) is 36.4 Å². The number of nitrogens with one attached hydrogen (secondary N) is 1. The first kappa shape index (κ1) is 21.4. The van der Waals surface area contributed by atoms with Gasteiger partial charge in [-0.25, -0.2) is 0 Å². The van der Waals surface area contributed by atoms with Crippen molar-refractivity contribution in [2.24, 2.45) is 0 Å². The van der Waals surface area contributed by atoms with Crippen molar-refractivity contribution in [3.8, 4) is 16.9 Å². The van der Waals surface area contributed by atoms with Gasteiger partial charge in [-0.05, 0) is 41.7 Å². The highest BCUT2D eigenvalue weighted by atomic mass is 16.5. The van der Waals surface area contributed by atoms with Crippen LogP contribution in [0.2, 0.25) is 0 Å². The number of anilines is 1. The molecule has 3 aromatic carbocycles. The van der Waals surface area contributed by atoms with E-state index < -0.39 is 0 Å². The van der Waals surface area contributed by atoms with Crippen LogP contribution in [-0.4, -0.2) is 6.54 Å². The molecule has 0 radical (unpaired) electrons. The zero-order chi connectivity index (χ0) is 22.0. The van der Waals surface area contributed by atoms with E-state index in [1.165, 1.54) is 23.5 Å². The summed E-state index contributed by atoms with van der Waals surface area (Å²) in [6, 6.07) is 30.0. The Morgan fingerprint density at radius 2 is 1.44 bits per heavy atom. The fourth-order valence-electron chi connectivity index (χ4n) is 3.55. The summed E-state index contributed by atoms with van der Waals surface area (Å²) in [5.74, 6) is 0.932. The summed E-state index contributed by atoms with van der Waals surface area (Å²) in [5, 5.41) is 3.46. The molecule has 0 saturated heterocycles. The van der Waals surface area contributed by atoms with Gasteiger partial charge < -0.3 is 14.5 Å². The van der Waals surface area contributed by atoms with Gasteiger partial charge >= 0.3 is 0 Å². The largest absolute Gasteiger partial charge is 0.482 e. The van der Waals surface area contributed by atoms with E-state index in [4.69, 9.17) is 9.15 Å². The van der Waals surface area contributed by atoms with Crippen LogP contribution in [0.1, 0.15) is 24.2 Å². The summed E-state index contributed by atoms with van der Waals surface area (Å²) in [6.07, 6.45) is 3.95. The third kappa shape index (κ3) is 5.88. The Morgan fingerprint density at radius 3 is 2.19 bits per heavy atom. The van der Waals surface area contributed by atoms with Crippen LogP contribution >= 0.6 is 0 Å². The number of aryl methyl sites for hydroxylation is 1. The molecule has 0 atom stereocenters. The third-order valence-electron chi connectivity index (χ3n) is 5.28. The Labute approximate surface area is 188 Å². The normalized spacial score (nSPS) is 10.6. The van der Waals surface area contributed by atoms with Crippen molar-refractivity contribution in [3.63, 3.8) is 0 Å². The Bertz CT molecular complexity index is 1150. The second-order valence-electron chi connectivity index (χ2n) is 7.64. The minimum Gasteiger partial charge on any atom is -0.482 e. The number of hydrogen-bond donors (Lipinski definition) is 1. The van der Waals surface area contributed by atoms with E-state index in [2.05, 4.69) is 53.8 Å². The minimum atomic E-state index is -0.140. The average Bonchev–Trinajstić information content (AvgIpc) is 2.85. The highest BCUT2D eigenvalue weighted by Gasteiger charge is 2.11. The van der Waals surface area contributed by atoms with Gasteiger partial charge in [0.15, 0.2) is 0 Å². The van der Waals surface area contributed by atoms with E-state index >= 15 is 0 Å². The maximum Gasteiger partial charge on any atom is 0.227 e. The lowest BCUT2D eigenvalue weighted by atomic mass is 10.1. The van der Waals surface area contributed by atoms with Gasteiger partial charge in [-0.15, -0.1) is 0 Å². The van der Waals surface area contributed by atoms with Crippen LogP contribution in [0.4, 0.5) is 5.69 Å². The first-order chi connectivity index (χ1) is 15.8. The molecule has 4 heteroatoms. The summed E-state index contributed by atoms with van der Waals surface area (Å²) < 4.78 is 11.4. The van der Waals surface area contributed by atoms with Gasteiger partial charge in [0, 0.05) is 24.7 Å². The highest BCUT2D eigenvalue weighted by molar-refractivity contribution is 5.65. The molecule has 1 aromatic heterocycles. The molecule has 0 spiro atoms. The topological polar surface area (TPSA) is 51.5 Å². The van der Waals surface area contributed by atoms with Crippen molar-refractivity contribution in [3.05, 3.63) is 119 Å². The maximum atomic E-state index is 12.3. The molecular formula is C28H27NO3. The molecule has 162 valence electrons. The molecule has 0 aliphatic carbocycles. The first-order valence-corrected chi connectivity index (χ1v) is 11.0. The van der Waals surface area contributed by atoms with Crippen LogP contribution in [-0.2, 0) is 13.0 Å². The van der Waals surface area contributed by atoms with Crippen molar-refractivity contribution in [1.82, 2.24) is 0 Å². The summed E-state index contributed by atoms with van der Waals surface area (Å²) in [6.45, 7) is 1.20. The van der Waals surface area contributed by atoms with Crippen LogP contribution in [0, 0.1) is 0 Å². The van der Waals surface area contributed by atoms with Crippen molar-refractivity contribution < 1.29 is 9.15 Å². The maximum absolute atomic E-state index is 12.3.